The zero-order chi connectivity index (χ0) is 13.2. The van der Waals surface area contributed by atoms with Gasteiger partial charge in [-0.25, -0.2) is 4.39 Å². The predicted molar refractivity (Wildman–Crippen MR) is 75.5 cm³/mol. The Morgan fingerprint density at radius 3 is 2.74 bits per heavy atom. The molecule has 19 heavy (non-hydrogen) atoms. The third-order valence-electron chi connectivity index (χ3n) is 3.93. The van der Waals surface area contributed by atoms with E-state index in [0.717, 1.165) is 18.4 Å². The van der Waals surface area contributed by atoms with E-state index in [0.29, 0.717) is 12.1 Å². The molecule has 1 aliphatic carbocycles. The number of aryl methyl sites for hydroxylation is 1. The molecule has 1 nitrogen and oxygen atoms in total. The van der Waals surface area contributed by atoms with Gasteiger partial charge in [0.05, 0.1) is 0 Å². The SMILES string of the molecule is C[C@@H](NC1CCc2cc(F)ccc21)c1ccccc1. The molecule has 98 valence electrons. The number of benzene rings is 2. The second-order valence-electron chi connectivity index (χ2n) is 5.23. The molecule has 3 rings (SSSR count). The van der Waals surface area contributed by atoms with Crippen LogP contribution in [-0.2, 0) is 6.42 Å². The van der Waals surface area contributed by atoms with Gasteiger partial charge in [-0.2, -0.15) is 0 Å². The lowest BCUT2D eigenvalue weighted by Crippen LogP contribution is -2.22. The van der Waals surface area contributed by atoms with Crippen LogP contribution in [0.4, 0.5) is 4.39 Å². The quantitative estimate of drug-likeness (QED) is 0.868. The first kappa shape index (κ1) is 12.4. The molecule has 0 saturated carbocycles. The molecular weight excluding hydrogens is 237 g/mol. The van der Waals surface area contributed by atoms with Crippen molar-refractivity contribution in [3.63, 3.8) is 0 Å². The van der Waals surface area contributed by atoms with E-state index in [1.807, 2.05) is 12.1 Å². The highest BCUT2D eigenvalue weighted by molar-refractivity contribution is 5.35. The van der Waals surface area contributed by atoms with Crippen LogP contribution in [0, 0.1) is 5.82 Å². The van der Waals surface area contributed by atoms with Crippen molar-refractivity contribution in [1.29, 1.82) is 0 Å². The fraction of sp³-hybridized carbons (Fsp3) is 0.294. The highest BCUT2D eigenvalue weighted by atomic mass is 19.1. The summed E-state index contributed by atoms with van der Waals surface area (Å²) in [4.78, 5) is 0. The maximum atomic E-state index is 13.2. The van der Waals surface area contributed by atoms with E-state index in [-0.39, 0.29) is 5.82 Å². The number of hydrogen-bond donors (Lipinski definition) is 1. The number of hydrogen-bond acceptors (Lipinski definition) is 1. The normalized spacial score (nSPS) is 19.2. The minimum Gasteiger partial charge on any atom is -0.303 e. The van der Waals surface area contributed by atoms with Gasteiger partial charge in [-0.1, -0.05) is 36.4 Å². The Morgan fingerprint density at radius 1 is 1.16 bits per heavy atom. The maximum absolute atomic E-state index is 13.2. The second kappa shape index (κ2) is 5.14. The van der Waals surface area contributed by atoms with Crippen molar-refractivity contribution in [2.45, 2.75) is 31.8 Å². The molecule has 0 fully saturated rings. The third-order valence-corrected chi connectivity index (χ3v) is 3.93. The molecule has 0 bridgehead atoms. The fourth-order valence-corrected chi connectivity index (χ4v) is 2.90. The van der Waals surface area contributed by atoms with Crippen LogP contribution < -0.4 is 5.32 Å². The summed E-state index contributed by atoms with van der Waals surface area (Å²) >= 11 is 0. The van der Waals surface area contributed by atoms with Gasteiger partial charge in [-0.3, -0.25) is 0 Å². The van der Waals surface area contributed by atoms with Gasteiger partial charge in [0.15, 0.2) is 0 Å². The summed E-state index contributed by atoms with van der Waals surface area (Å²) < 4.78 is 13.2. The van der Waals surface area contributed by atoms with Crippen molar-refractivity contribution in [1.82, 2.24) is 5.32 Å². The van der Waals surface area contributed by atoms with Crippen LogP contribution in [-0.4, -0.2) is 0 Å². The van der Waals surface area contributed by atoms with Crippen LogP contribution in [0.3, 0.4) is 0 Å². The Balaban J connectivity index is 1.76. The van der Waals surface area contributed by atoms with Gasteiger partial charge in [0.2, 0.25) is 0 Å². The molecule has 1 unspecified atom stereocenters. The molecular formula is C17H18FN. The summed E-state index contributed by atoms with van der Waals surface area (Å²) in [7, 11) is 0. The Kier molecular flexibility index (Phi) is 3.34. The number of halogens is 1. The highest BCUT2D eigenvalue weighted by Crippen LogP contribution is 2.33. The van der Waals surface area contributed by atoms with E-state index in [4.69, 9.17) is 0 Å². The topological polar surface area (TPSA) is 12.0 Å². The molecule has 2 aromatic rings. The van der Waals surface area contributed by atoms with Gasteiger partial charge in [-0.15, -0.1) is 0 Å². The van der Waals surface area contributed by atoms with E-state index >= 15 is 0 Å². The molecule has 2 aromatic carbocycles. The molecule has 0 aliphatic heterocycles. The highest BCUT2D eigenvalue weighted by Gasteiger charge is 2.24. The largest absolute Gasteiger partial charge is 0.303 e. The minimum absolute atomic E-state index is 0.129. The van der Waals surface area contributed by atoms with Gasteiger partial charge >= 0.3 is 0 Å². The van der Waals surface area contributed by atoms with E-state index < -0.39 is 0 Å². The second-order valence-corrected chi connectivity index (χ2v) is 5.23. The number of fused-ring (bicyclic) bond motifs is 1. The lowest BCUT2D eigenvalue weighted by Gasteiger charge is -2.20. The zero-order valence-electron chi connectivity index (χ0n) is 11.1. The first-order chi connectivity index (χ1) is 9.24. The molecule has 0 saturated heterocycles. The Labute approximate surface area is 113 Å². The van der Waals surface area contributed by atoms with Crippen LogP contribution in [0.5, 0.6) is 0 Å². The smallest absolute Gasteiger partial charge is 0.123 e. The van der Waals surface area contributed by atoms with Crippen molar-refractivity contribution < 1.29 is 4.39 Å². The molecule has 0 aromatic heterocycles. The summed E-state index contributed by atoms with van der Waals surface area (Å²) in [5.74, 6) is -0.129. The van der Waals surface area contributed by atoms with Crippen molar-refractivity contribution in [2.24, 2.45) is 0 Å². The van der Waals surface area contributed by atoms with Crippen molar-refractivity contribution >= 4 is 0 Å². The molecule has 1 N–H and O–H groups in total. The minimum atomic E-state index is -0.129. The fourth-order valence-electron chi connectivity index (χ4n) is 2.90. The maximum Gasteiger partial charge on any atom is 0.123 e. The predicted octanol–water partition coefficient (Wildman–Crippen LogP) is 4.16. The average molecular weight is 255 g/mol. The van der Waals surface area contributed by atoms with Crippen molar-refractivity contribution in [3.8, 4) is 0 Å². The molecule has 0 radical (unpaired) electrons. The van der Waals surface area contributed by atoms with Crippen LogP contribution in [0.15, 0.2) is 48.5 Å². The van der Waals surface area contributed by atoms with Crippen molar-refractivity contribution in [3.05, 3.63) is 71.0 Å². The number of rotatable bonds is 3. The molecule has 2 heteroatoms. The van der Waals surface area contributed by atoms with Crippen molar-refractivity contribution in [2.75, 3.05) is 0 Å². The monoisotopic (exact) mass is 255 g/mol. The Hall–Kier alpha value is -1.67. The first-order valence-electron chi connectivity index (χ1n) is 6.83. The summed E-state index contributed by atoms with van der Waals surface area (Å²) in [6.07, 6.45) is 2.02. The van der Waals surface area contributed by atoms with Crippen LogP contribution in [0.2, 0.25) is 0 Å². The third kappa shape index (κ3) is 2.54. The zero-order valence-corrected chi connectivity index (χ0v) is 11.1. The van der Waals surface area contributed by atoms with E-state index in [1.54, 1.807) is 12.1 Å². The van der Waals surface area contributed by atoms with E-state index in [2.05, 4.69) is 36.5 Å². The summed E-state index contributed by atoms with van der Waals surface area (Å²) in [6, 6.07) is 16.2. The van der Waals surface area contributed by atoms with E-state index in [1.165, 1.54) is 11.1 Å². The van der Waals surface area contributed by atoms with E-state index in [9.17, 15) is 4.39 Å². The lowest BCUT2D eigenvalue weighted by molar-refractivity contribution is 0.465. The van der Waals surface area contributed by atoms with Crippen LogP contribution in [0.1, 0.15) is 42.1 Å². The average Bonchev–Trinajstić information content (AvgIpc) is 2.82. The molecule has 0 heterocycles. The lowest BCUT2D eigenvalue weighted by atomic mass is 10.0. The van der Waals surface area contributed by atoms with Gasteiger partial charge in [0.25, 0.3) is 0 Å². The van der Waals surface area contributed by atoms with Gasteiger partial charge in [-0.05, 0) is 48.6 Å². The van der Waals surface area contributed by atoms with Gasteiger partial charge < -0.3 is 5.32 Å². The standard InChI is InChI=1S/C17H18FN/c1-12(13-5-3-2-4-6-13)19-17-10-7-14-11-15(18)8-9-16(14)17/h2-6,8-9,11-12,17,19H,7,10H2,1H3/t12-,17?/m1/s1. The van der Waals surface area contributed by atoms with Gasteiger partial charge in [0.1, 0.15) is 5.82 Å². The van der Waals surface area contributed by atoms with Gasteiger partial charge in [0, 0.05) is 12.1 Å². The van der Waals surface area contributed by atoms with Crippen LogP contribution >= 0.6 is 0 Å². The number of nitrogens with one attached hydrogen (secondary N) is 1. The molecule has 0 amide bonds. The summed E-state index contributed by atoms with van der Waals surface area (Å²) in [6.45, 7) is 2.18. The Morgan fingerprint density at radius 2 is 1.95 bits per heavy atom. The summed E-state index contributed by atoms with van der Waals surface area (Å²) in [5, 5.41) is 3.65. The molecule has 2 atom stereocenters. The van der Waals surface area contributed by atoms with Crippen LogP contribution in [0.25, 0.3) is 0 Å². The molecule has 1 aliphatic rings. The Bertz CT molecular complexity index is 565. The molecule has 0 spiro atoms. The summed E-state index contributed by atoms with van der Waals surface area (Å²) in [5.41, 5.74) is 3.69. The first-order valence-corrected chi connectivity index (χ1v) is 6.83.